The number of hydrogen-bond donors (Lipinski definition) is 1. The van der Waals surface area contributed by atoms with Gasteiger partial charge >= 0.3 is 5.97 Å². The summed E-state index contributed by atoms with van der Waals surface area (Å²) in [6.45, 7) is 2.04. The predicted octanol–water partition coefficient (Wildman–Crippen LogP) is 3.75. The Morgan fingerprint density at radius 3 is 2.39 bits per heavy atom. The summed E-state index contributed by atoms with van der Waals surface area (Å²) in [6, 6.07) is 11.9. The molecule has 1 N–H and O–H groups in total. The molecule has 0 unspecified atom stereocenters. The van der Waals surface area contributed by atoms with E-state index >= 15 is 0 Å². The minimum atomic E-state index is -1.25. The third-order valence-electron chi connectivity index (χ3n) is 2.90. The number of carboxylic acid groups (broad SMARTS) is 1. The number of carboxylic acids is 1. The van der Waals surface area contributed by atoms with Gasteiger partial charge in [-0.1, -0.05) is 43.3 Å². The smallest absolute Gasteiger partial charge is 0.338 e. The number of carbonyl (C=O) groups is 1. The maximum Gasteiger partial charge on any atom is 0.338 e. The van der Waals surface area contributed by atoms with E-state index in [0.29, 0.717) is 11.1 Å². The fourth-order valence-electron chi connectivity index (χ4n) is 1.84. The van der Waals surface area contributed by atoms with Gasteiger partial charge in [-0.3, -0.25) is 0 Å². The van der Waals surface area contributed by atoms with Crippen LogP contribution in [0.5, 0.6) is 0 Å². The van der Waals surface area contributed by atoms with Crippen LogP contribution in [0.4, 0.5) is 4.39 Å². The number of aryl methyl sites for hydroxylation is 1. The van der Waals surface area contributed by atoms with Gasteiger partial charge in [-0.2, -0.15) is 0 Å². The fourth-order valence-corrected chi connectivity index (χ4v) is 1.84. The van der Waals surface area contributed by atoms with Gasteiger partial charge in [0.2, 0.25) is 0 Å². The van der Waals surface area contributed by atoms with Gasteiger partial charge in [0.1, 0.15) is 5.82 Å². The van der Waals surface area contributed by atoms with E-state index in [9.17, 15) is 9.18 Å². The van der Waals surface area contributed by atoms with E-state index in [1.807, 2.05) is 31.2 Å². The van der Waals surface area contributed by atoms with Crippen LogP contribution in [0, 0.1) is 5.82 Å². The lowest BCUT2D eigenvalue weighted by atomic mass is 10.0. The molecule has 0 bridgehead atoms. The molecule has 0 aromatic heterocycles. The fraction of sp³-hybridized carbons (Fsp3) is 0.133. The summed E-state index contributed by atoms with van der Waals surface area (Å²) in [7, 11) is 0. The molecular weight excluding hydrogens is 231 g/mol. The average molecular weight is 244 g/mol. The molecule has 2 rings (SSSR count). The first-order valence-corrected chi connectivity index (χ1v) is 5.74. The molecule has 0 saturated heterocycles. The summed E-state index contributed by atoms with van der Waals surface area (Å²) in [5, 5.41) is 8.88. The van der Waals surface area contributed by atoms with Crippen molar-refractivity contribution in [3.8, 4) is 11.1 Å². The van der Waals surface area contributed by atoms with Gasteiger partial charge in [-0.15, -0.1) is 0 Å². The van der Waals surface area contributed by atoms with Gasteiger partial charge < -0.3 is 5.11 Å². The zero-order valence-electron chi connectivity index (χ0n) is 9.98. The topological polar surface area (TPSA) is 37.3 Å². The molecule has 0 atom stereocenters. The number of benzene rings is 2. The monoisotopic (exact) mass is 244 g/mol. The van der Waals surface area contributed by atoms with Crippen molar-refractivity contribution in [2.75, 3.05) is 0 Å². The highest BCUT2D eigenvalue weighted by atomic mass is 19.1. The highest BCUT2D eigenvalue weighted by Crippen LogP contribution is 2.25. The van der Waals surface area contributed by atoms with Crippen LogP contribution in [0.1, 0.15) is 22.8 Å². The SMILES string of the molecule is CCc1ccc(-c2cccc(C(=O)O)c2F)cc1. The molecule has 2 aromatic carbocycles. The van der Waals surface area contributed by atoms with Crippen molar-refractivity contribution in [1.29, 1.82) is 0 Å². The van der Waals surface area contributed by atoms with Crippen LogP contribution in [-0.2, 0) is 6.42 Å². The van der Waals surface area contributed by atoms with Crippen molar-refractivity contribution in [1.82, 2.24) is 0 Å². The van der Waals surface area contributed by atoms with Gasteiger partial charge in [0, 0.05) is 5.56 Å². The molecule has 18 heavy (non-hydrogen) atoms. The lowest BCUT2D eigenvalue weighted by Gasteiger charge is -2.06. The number of hydrogen-bond acceptors (Lipinski definition) is 1. The number of aromatic carboxylic acids is 1. The van der Waals surface area contributed by atoms with E-state index in [2.05, 4.69) is 0 Å². The molecule has 0 radical (unpaired) electrons. The molecule has 0 amide bonds. The molecule has 0 spiro atoms. The Hall–Kier alpha value is -2.16. The standard InChI is InChI=1S/C15H13FO2/c1-2-10-6-8-11(9-7-10)12-4-3-5-13(14(12)16)15(17)18/h3-9H,2H2,1H3,(H,17,18). The largest absolute Gasteiger partial charge is 0.478 e. The van der Waals surface area contributed by atoms with Gasteiger partial charge in [-0.05, 0) is 23.6 Å². The molecule has 0 aliphatic rings. The van der Waals surface area contributed by atoms with Crippen molar-refractivity contribution in [3.05, 3.63) is 59.4 Å². The first-order chi connectivity index (χ1) is 8.63. The van der Waals surface area contributed by atoms with E-state index < -0.39 is 11.8 Å². The molecular formula is C15H13FO2. The van der Waals surface area contributed by atoms with Gasteiger partial charge in [0.05, 0.1) is 5.56 Å². The Morgan fingerprint density at radius 1 is 1.17 bits per heavy atom. The summed E-state index contributed by atoms with van der Waals surface area (Å²) in [5.41, 5.74) is 1.87. The quantitative estimate of drug-likeness (QED) is 0.892. The first kappa shape index (κ1) is 12.3. The van der Waals surface area contributed by atoms with Crippen molar-refractivity contribution in [3.63, 3.8) is 0 Å². The Morgan fingerprint density at radius 2 is 1.83 bits per heavy atom. The Bertz CT molecular complexity index is 574. The van der Waals surface area contributed by atoms with Crippen LogP contribution in [0.25, 0.3) is 11.1 Å². The van der Waals surface area contributed by atoms with E-state index in [-0.39, 0.29) is 5.56 Å². The third-order valence-corrected chi connectivity index (χ3v) is 2.90. The second-order valence-electron chi connectivity index (χ2n) is 4.02. The maximum absolute atomic E-state index is 14.0. The van der Waals surface area contributed by atoms with Gasteiger partial charge in [0.25, 0.3) is 0 Å². The summed E-state index contributed by atoms with van der Waals surface area (Å²) >= 11 is 0. The van der Waals surface area contributed by atoms with Crippen LogP contribution in [-0.4, -0.2) is 11.1 Å². The van der Waals surface area contributed by atoms with E-state index in [1.54, 1.807) is 12.1 Å². The molecule has 0 heterocycles. The lowest BCUT2D eigenvalue weighted by molar-refractivity contribution is 0.0692. The lowest BCUT2D eigenvalue weighted by Crippen LogP contribution is -2.01. The summed E-state index contributed by atoms with van der Waals surface area (Å²) < 4.78 is 14.0. The normalized spacial score (nSPS) is 10.3. The van der Waals surface area contributed by atoms with Crippen LogP contribution >= 0.6 is 0 Å². The van der Waals surface area contributed by atoms with Gasteiger partial charge in [0.15, 0.2) is 0 Å². The highest BCUT2D eigenvalue weighted by molar-refractivity contribution is 5.90. The van der Waals surface area contributed by atoms with Crippen LogP contribution in [0.3, 0.4) is 0 Å². The Kier molecular flexibility index (Phi) is 3.42. The number of rotatable bonds is 3. The third kappa shape index (κ3) is 2.25. The van der Waals surface area contributed by atoms with Crippen molar-refractivity contribution in [2.24, 2.45) is 0 Å². The second-order valence-corrected chi connectivity index (χ2v) is 4.02. The number of halogens is 1. The van der Waals surface area contributed by atoms with E-state index in [1.165, 1.54) is 6.07 Å². The highest BCUT2D eigenvalue weighted by Gasteiger charge is 2.14. The zero-order valence-corrected chi connectivity index (χ0v) is 9.98. The Balaban J connectivity index is 2.50. The minimum Gasteiger partial charge on any atom is -0.478 e. The predicted molar refractivity (Wildman–Crippen MR) is 68.2 cm³/mol. The van der Waals surface area contributed by atoms with Crippen LogP contribution in [0.2, 0.25) is 0 Å². The molecule has 2 nitrogen and oxygen atoms in total. The second kappa shape index (κ2) is 5.00. The van der Waals surface area contributed by atoms with Crippen molar-refractivity contribution < 1.29 is 14.3 Å². The van der Waals surface area contributed by atoms with E-state index in [0.717, 1.165) is 12.0 Å². The van der Waals surface area contributed by atoms with Crippen LogP contribution < -0.4 is 0 Å². The van der Waals surface area contributed by atoms with E-state index in [4.69, 9.17) is 5.11 Å². The summed E-state index contributed by atoms with van der Waals surface area (Å²) in [6.07, 6.45) is 0.915. The molecule has 3 heteroatoms. The maximum atomic E-state index is 14.0. The molecule has 0 aliphatic carbocycles. The van der Waals surface area contributed by atoms with Crippen molar-refractivity contribution in [2.45, 2.75) is 13.3 Å². The average Bonchev–Trinajstić information content (AvgIpc) is 2.39. The van der Waals surface area contributed by atoms with Gasteiger partial charge in [-0.25, -0.2) is 9.18 Å². The Labute approximate surface area is 105 Å². The first-order valence-electron chi connectivity index (χ1n) is 5.74. The molecule has 0 aliphatic heterocycles. The van der Waals surface area contributed by atoms with Crippen molar-refractivity contribution >= 4 is 5.97 Å². The molecule has 92 valence electrons. The summed E-state index contributed by atoms with van der Waals surface area (Å²) in [4.78, 5) is 10.9. The molecule has 0 fully saturated rings. The van der Waals surface area contributed by atoms with Crippen LogP contribution in [0.15, 0.2) is 42.5 Å². The molecule has 0 saturated carbocycles. The summed E-state index contributed by atoms with van der Waals surface area (Å²) in [5.74, 6) is -1.94. The zero-order chi connectivity index (χ0) is 13.1. The minimum absolute atomic E-state index is 0.299. The molecule has 2 aromatic rings.